The molecule has 0 saturated carbocycles. The first-order valence-electron chi connectivity index (χ1n) is 6.77. The molecule has 7 heteroatoms. The van der Waals surface area contributed by atoms with Crippen molar-refractivity contribution < 1.29 is 14.3 Å². The third-order valence-corrected chi connectivity index (χ3v) is 3.05. The van der Waals surface area contributed by atoms with Crippen molar-refractivity contribution in [2.75, 3.05) is 25.0 Å². The van der Waals surface area contributed by atoms with E-state index in [9.17, 15) is 9.90 Å². The fourth-order valence-electron chi connectivity index (χ4n) is 1.80. The molecule has 2 aromatic rings. The van der Waals surface area contributed by atoms with Crippen molar-refractivity contribution in [3.8, 4) is 17.2 Å². The van der Waals surface area contributed by atoms with Gasteiger partial charge in [-0.3, -0.25) is 15.0 Å². The highest BCUT2D eigenvalue weighted by Gasteiger charge is 2.13. The van der Waals surface area contributed by atoms with Gasteiger partial charge in [-0.1, -0.05) is 18.9 Å². The number of benzene rings is 1. The van der Waals surface area contributed by atoms with Gasteiger partial charge in [-0.15, -0.1) is 5.10 Å². The first kappa shape index (κ1) is 15.0. The summed E-state index contributed by atoms with van der Waals surface area (Å²) >= 11 is 0. The van der Waals surface area contributed by atoms with E-state index in [1.807, 2.05) is 18.7 Å². The van der Waals surface area contributed by atoms with Gasteiger partial charge < -0.3 is 9.52 Å². The van der Waals surface area contributed by atoms with Crippen molar-refractivity contribution in [2.24, 2.45) is 0 Å². The molecule has 1 aromatic heterocycles. The summed E-state index contributed by atoms with van der Waals surface area (Å²) in [6.45, 7) is 5.86. The lowest BCUT2D eigenvalue weighted by Gasteiger charge is -2.16. The number of amides is 1. The number of phenols is 1. The van der Waals surface area contributed by atoms with Gasteiger partial charge in [-0.05, 0) is 37.4 Å². The molecule has 7 nitrogen and oxygen atoms in total. The van der Waals surface area contributed by atoms with Crippen LogP contribution in [0.4, 0.5) is 6.01 Å². The fraction of sp³-hybridized carbons (Fsp3) is 0.357. The maximum absolute atomic E-state index is 11.8. The fourth-order valence-corrected chi connectivity index (χ4v) is 1.80. The normalized spacial score (nSPS) is 10.8. The highest BCUT2D eigenvalue weighted by Crippen LogP contribution is 2.21. The summed E-state index contributed by atoms with van der Waals surface area (Å²) in [5.74, 6) is 0.249. The number of rotatable bonds is 6. The molecule has 0 atom stereocenters. The second-order valence-corrected chi connectivity index (χ2v) is 4.47. The van der Waals surface area contributed by atoms with Crippen LogP contribution in [0.1, 0.15) is 13.8 Å². The van der Waals surface area contributed by atoms with Gasteiger partial charge in [-0.25, -0.2) is 0 Å². The third-order valence-electron chi connectivity index (χ3n) is 3.05. The second kappa shape index (κ2) is 6.85. The van der Waals surface area contributed by atoms with E-state index in [-0.39, 0.29) is 30.1 Å². The second-order valence-electron chi connectivity index (χ2n) is 4.47. The minimum atomic E-state index is -0.195. The zero-order valence-electron chi connectivity index (χ0n) is 12.0. The number of carbonyl (C=O) groups excluding carboxylic acids is 1. The molecular weight excluding hydrogens is 272 g/mol. The number of aromatic hydroxyl groups is 1. The number of carbonyl (C=O) groups is 1. The van der Waals surface area contributed by atoms with Crippen LogP contribution >= 0.6 is 0 Å². The summed E-state index contributed by atoms with van der Waals surface area (Å²) in [5.41, 5.74) is 0.671. The van der Waals surface area contributed by atoms with Crippen molar-refractivity contribution >= 4 is 11.9 Å². The van der Waals surface area contributed by atoms with Gasteiger partial charge >= 0.3 is 6.01 Å². The minimum Gasteiger partial charge on any atom is -0.508 e. The maximum atomic E-state index is 11.8. The quantitative estimate of drug-likeness (QED) is 0.841. The lowest BCUT2D eigenvalue weighted by Crippen LogP contribution is -2.32. The molecular formula is C14H18N4O3. The number of nitrogens with zero attached hydrogens (tertiary/aromatic N) is 3. The highest BCUT2D eigenvalue weighted by atomic mass is 16.4. The largest absolute Gasteiger partial charge is 0.508 e. The first-order valence-corrected chi connectivity index (χ1v) is 6.77. The Balaban J connectivity index is 2.00. The number of hydrogen-bond acceptors (Lipinski definition) is 6. The van der Waals surface area contributed by atoms with E-state index in [4.69, 9.17) is 4.42 Å². The van der Waals surface area contributed by atoms with Crippen molar-refractivity contribution in [1.82, 2.24) is 15.1 Å². The predicted octanol–water partition coefficient (Wildman–Crippen LogP) is 1.72. The van der Waals surface area contributed by atoms with E-state index in [0.29, 0.717) is 5.56 Å². The average Bonchev–Trinajstić information content (AvgIpc) is 2.94. The molecule has 2 N–H and O–H groups in total. The van der Waals surface area contributed by atoms with E-state index in [1.54, 1.807) is 12.1 Å². The predicted molar refractivity (Wildman–Crippen MR) is 77.8 cm³/mol. The van der Waals surface area contributed by atoms with Gasteiger partial charge in [-0.2, -0.15) is 0 Å². The maximum Gasteiger partial charge on any atom is 0.322 e. The van der Waals surface area contributed by atoms with Gasteiger partial charge in [0.05, 0.1) is 6.54 Å². The van der Waals surface area contributed by atoms with E-state index in [1.165, 1.54) is 12.1 Å². The number of hydrogen-bond donors (Lipinski definition) is 2. The molecule has 1 aromatic carbocycles. The lowest BCUT2D eigenvalue weighted by molar-refractivity contribution is -0.117. The lowest BCUT2D eigenvalue weighted by atomic mass is 10.2. The van der Waals surface area contributed by atoms with E-state index >= 15 is 0 Å². The van der Waals surface area contributed by atoms with Gasteiger partial charge in [0, 0.05) is 5.56 Å². The Morgan fingerprint density at radius 2 is 1.90 bits per heavy atom. The Morgan fingerprint density at radius 1 is 1.24 bits per heavy atom. The van der Waals surface area contributed by atoms with Gasteiger partial charge in [0.1, 0.15) is 5.75 Å². The molecule has 0 aliphatic heterocycles. The Hall–Kier alpha value is -2.41. The number of phenolic OH excluding ortho intramolecular Hbond substituents is 1. The molecule has 2 rings (SSSR count). The van der Waals surface area contributed by atoms with Crippen LogP contribution in [-0.4, -0.2) is 45.7 Å². The van der Waals surface area contributed by atoms with Crippen LogP contribution in [0.3, 0.4) is 0 Å². The molecule has 0 saturated heterocycles. The van der Waals surface area contributed by atoms with Crippen molar-refractivity contribution in [1.29, 1.82) is 0 Å². The minimum absolute atomic E-state index is 0.0650. The summed E-state index contributed by atoms with van der Waals surface area (Å²) in [6, 6.07) is 6.43. The van der Waals surface area contributed by atoms with Crippen LogP contribution in [-0.2, 0) is 4.79 Å². The van der Waals surface area contributed by atoms with Crippen molar-refractivity contribution in [3.05, 3.63) is 24.3 Å². The number of anilines is 1. The summed E-state index contributed by atoms with van der Waals surface area (Å²) in [4.78, 5) is 13.8. The molecule has 1 heterocycles. The Kier molecular flexibility index (Phi) is 4.89. The van der Waals surface area contributed by atoms with Crippen LogP contribution in [0.25, 0.3) is 11.5 Å². The Labute approximate surface area is 122 Å². The molecule has 0 aliphatic carbocycles. The van der Waals surface area contributed by atoms with Crippen LogP contribution in [0.15, 0.2) is 28.7 Å². The Bertz CT molecular complexity index is 591. The molecule has 0 bridgehead atoms. The topological polar surface area (TPSA) is 91.5 Å². The molecule has 0 unspecified atom stereocenters. The van der Waals surface area contributed by atoms with Crippen LogP contribution in [0.2, 0.25) is 0 Å². The highest BCUT2D eigenvalue weighted by molar-refractivity contribution is 5.90. The van der Waals surface area contributed by atoms with Crippen LogP contribution in [0, 0.1) is 0 Å². The molecule has 112 valence electrons. The summed E-state index contributed by atoms with van der Waals surface area (Å²) in [5, 5.41) is 19.4. The van der Waals surface area contributed by atoms with Crippen LogP contribution in [0.5, 0.6) is 5.75 Å². The molecule has 1 amide bonds. The molecule has 0 fully saturated rings. The standard InChI is InChI=1S/C14H18N4O3/c1-3-18(4-2)9-12(20)15-14-17-16-13(21-14)10-5-7-11(19)8-6-10/h5-8,19H,3-4,9H2,1-2H3,(H,15,17,20). The molecule has 0 aliphatic rings. The van der Waals surface area contributed by atoms with E-state index in [0.717, 1.165) is 13.1 Å². The molecule has 0 radical (unpaired) electrons. The van der Waals surface area contributed by atoms with Crippen molar-refractivity contribution in [2.45, 2.75) is 13.8 Å². The molecule has 0 spiro atoms. The zero-order valence-corrected chi connectivity index (χ0v) is 12.0. The summed E-state index contributed by atoms with van der Waals surface area (Å²) in [6.07, 6.45) is 0. The van der Waals surface area contributed by atoms with E-state index < -0.39 is 0 Å². The number of nitrogens with one attached hydrogen (secondary N) is 1. The van der Waals surface area contributed by atoms with E-state index in [2.05, 4.69) is 15.5 Å². The monoisotopic (exact) mass is 290 g/mol. The Morgan fingerprint density at radius 3 is 2.52 bits per heavy atom. The SMILES string of the molecule is CCN(CC)CC(=O)Nc1nnc(-c2ccc(O)cc2)o1. The van der Waals surface area contributed by atoms with Gasteiger partial charge in [0.15, 0.2) is 0 Å². The number of aromatic nitrogens is 2. The average molecular weight is 290 g/mol. The zero-order chi connectivity index (χ0) is 15.2. The first-order chi connectivity index (χ1) is 10.1. The van der Waals surface area contributed by atoms with Crippen molar-refractivity contribution in [3.63, 3.8) is 0 Å². The van der Waals surface area contributed by atoms with Gasteiger partial charge in [0.25, 0.3) is 0 Å². The number of likely N-dealkylation sites (N-methyl/N-ethyl adjacent to an activating group) is 1. The molecule has 21 heavy (non-hydrogen) atoms. The summed E-state index contributed by atoms with van der Waals surface area (Å²) in [7, 11) is 0. The van der Waals surface area contributed by atoms with Crippen LogP contribution < -0.4 is 5.32 Å². The van der Waals surface area contributed by atoms with Gasteiger partial charge in [0.2, 0.25) is 11.8 Å². The third kappa shape index (κ3) is 4.03. The smallest absolute Gasteiger partial charge is 0.322 e. The summed E-state index contributed by atoms with van der Waals surface area (Å²) < 4.78 is 5.37.